The van der Waals surface area contributed by atoms with Crippen molar-refractivity contribution in [3.8, 4) is 0 Å². The molecule has 3 aliphatic rings. The normalized spacial score (nSPS) is 56.9. The number of aliphatic hydroxyl groups excluding tert-OH is 3. The predicted molar refractivity (Wildman–Crippen MR) is 123 cm³/mol. The molecule has 3 saturated heterocycles. The van der Waals surface area contributed by atoms with Gasteiger partial charge in [-0.25, -0.2) is 0 Å². The highest BCUT2D eigenvalue weighted by molar-refractivity contribution is 14.1. The first kappa shape index (κ1) is 28.8. The van der Waals surface area contributed by atoms with Crippen LogP contribution in [0.5, 0.6) is 0 Å². The summed E-state index contributed by atoms with van der Waals surface area (Å²) in [6.45, 7) is 4.46. The van der Waals surface area contributed by atoms with Gasteiger partial charge >= 0.3 is 0 Å². The zero-order valence-electron chi connectivity index (χ0n) is 20.1. The smallest absolute Gasteiger partial charge is 0.244 e. The third kappa shape index (κ3) is 4.04. The van der Waals surface area contributed by atoms with Crippen molar-refractivity contribution in [3.63, 3.8) is 0 Å². The molecule has 0 radical (unpaired) electrons. The first-order valence-electron chi connectivity index (χ1n) is 11.2. The van der Waals surface area contributed by atoms with Crippen molar-refractivity contribution in [2.45, 2.75) is 109 Å². The molecule has 13 atom stereocenters. The minimum absolute atomic E-state index is 0.369. The first-order valence-corrected chi connectivity index (χ1v) is 12.3. The summed E-state index contributed by atoms with van der Waals surface area (Å²) in [5, 5.41) is 67.9. The van der Waals surface area contributed by atoms with Crippen molar-refractivity contribution in [1.82, 2.24) is 0 Å². The molecule has 0 saturated carbocycles. The molecule has 0 aromatic rings. The van der Waals surface area contributed by atoms with Crippen LogP contribution in [0.1, 0.15) is 33.6 Å². The summed E-state index contributed by atoms with van der Waals surface area (Å²) in [5.41, 5.74) is 0. The van der Waals surface area contributed by atoms with E-state index in [0.717, 1.165) is 0 Å². The third-order valence-corrected chi connectivity index (χ3v) is 9.62. The number of hydrogen-bond acceptors (Lipinski definition) is 12. The highest BCUT2D eigenvalue weighted by Gasteiger charge is 2.80. The Bertz CT molecular complexity index is 732. The molecule has 0 aliphatic carbocycles. The van der Waals surface area contributed by atoms with Crippen molar-refractivity contribution in [3.05, 3.63) is 0 Å². The Morgan fingerprint density at radius 3 is 1.53 bits per heavy atom. The molecule has 0 spiro atoms. The number of alkyl halides is 1. The van der Waals surface area contributed by atoms with Gasteiger partial charge < -0.3 is 59.1 Å². The summed E-state index contributed by atoms with van der Waals surface area (Å²) in [5.74, 6) is -7.70. The van der Waals surface area contributed by atoms with Crippen LogP contribution in [0, 0.1) is 0 Å². The maximum atomic E-state index is 12.2. The van der Waals surface area contributed by atoms with Gasteiger partial charge in [0.1, 0.15) is 24.4 Å². The molecule has 3 fully saturated rings. The third-order valence-electron chi connectivity index (χ3n) is 7.43. The zero-order valence-corrected chi connectivity index (χ0v) is 22.3. The molecule has 3 heterocycles. The van der Waals surface area contributed by atoms with Gasteiger partial charge in [-0.2, -0.15) is 0 Å². The van der Waals surface area contributed by atoms with E-state index in [2.05, 4.69) is 0 Å². The van der Waals surface area contributed by atoms with Gasteiger partial charge in [0.05, 0.1) is 30.5 Å². The van der Waals surface area contributed by atoms with Crippen LogP contribution in [-0.4, -0.2) is 128 Å². The minimum Gasteiger partial charge on any atom is -0.388 e. The van der Waals surface area contributed by atoms with Crippen molar-refractivity contribution in [2.24, 2.45) is 0 Å². The predicted octanol–water partition coefficient (Wildman–Crippen LogP) is -1.61. The van der Waals surface area contributed by atoms with Gasteiger partial charge in [0.25, 0.3) is 0 Å². The molecular weight excluding hydrogens is 571 g/mol. The Balaban J connectivity index is 2.21. The van der Waals surface area contributed by atoms with Gasteiger partial charge in [-0.1, -0.05) is 22.6 Å². The maximum absolute atomic E-state index is 12.2. The molecule has 3 aliphatic heterocycles. The van der Waals surface area contributed by atoms with Gasteiger partial charge in [0.2, 0.25) is 11.6 Å². The molecule has 0 aromatic heterocycles. The average Bonchev–Trinajstić information content (AvgIpc) is 2.77. The second-order valence-electron chi connectivity index (χ2n) is 9.48. The molecule has 3 rings (SSSR count). The molecule has 0 aromatic carbocycles. The largest absolute Gasteiger partial charge is 0.388 e. The maximum Gasteiger partial charge on any atom is 0.244 e. The second-order valence-corrected chi connectivity index (χ2v) is 11.2. The van der Waals surface area contributed by atoms with Crippen LogP contribution in [0.3, 0.4) is 0 Å². The number of hydrogen-bond donors (Lipinski definition) is 6. The highest BCUT2D eigenvalue weighted by Crippen LogP contribution is 2.59. The number of halogens is 1. The van der Waals surface area contributed by atoms with Crippen LogP contribution < -0.4 is 0 Å². The van der Waals surface area contributed by atoms with Crippen LogP contribution >= 0.6 is 22.6 Å². The zero-order chi connectivity index (χ0) is 25.9. The average molecular weight is 608 g/mol. The Kier molecular flexibility index (Phi) is 8.35. The fraction of sp³-hybridized carbons (Fsp3) is 1.00. The van der Waals surface area contributed by atoms with Gasteiger partial charge in [-0.3, -0.25) is 0 Å². The van der Waals surface area contributed by atoms with E-state index >= 15 is 0 Å². The Morgan fingerprint density at radius 1 is 0.676 bits per heavy atom. The lowest BCUT2D eigenvalue weighted by molar-refractivity contribution is -0.480. The molecule has 0 amide bonds. The Labute approximate surface area is 212 Å². The van der Waals surface area contributed by atoms with E-state index in [4.69, 9.17) is 28.4 Å². The van der Waals surface area contributed by atoms with Gasteiger partial charge in [0, 0.05) is 34.2 Å². The summed E-state index contributed by atoms with van der Waals surface area (Å²) >= 11 is 1.66. The fourth-order valence-electron chi connectivity index (χ4n) is 5.40. The molecule has 4 unspecified atom stereocenters. The van der Waals surface area contributed by atoms with Crippen LogP contribution in [0.25, 0.3) is 0 Å². The van der Waals surface area contributed by atoms with Gasteiger partial charge in [-0.05, 0) is 20.8 Å². The Hall–Kier alpha value is 0.250. The SMILES string of the molecule is CO[C@H]1CC(O)(C2(O)O[C@@H](C)[C@H](O)[C@@H](OC)C2(I)C2(O)C[C@H](OC)[C@@H](O)[C@H](C)O2)O[C@@H](C)[C@@H]1O. The quantitative estimate of drug-likeness (QED) is 0.156. The summed E-state index contributed by atoms with van der Waals surface area (Å²) in [6.07, 6.45) is -10.7. The van der Waals surface area contributed by atoms with Gasteiger partial charge in [0.15, 0.2) is 9.21 Å². The van der Waals surface area contributed by atoms with Crippen LogP contribution in [0.4, 0.5) is 0 Å². The Morgan fingerprint density at radius 2 is 1.09 bits per heavy atom. The lowest BCUT2D eigenvalue weighted by atomic mass is 9.70. The standard InChI is InChI=1S/C21H37IO12/c1-9-14(23)12(29-4)7-18(26,32-9)20(22)17(31-6)16(25)11(3)34-21(20,28)19(27)8-13(30-5)15(24)10(2)33-19/h9-17,23-28H,7-8H2,1-6H3/t9-,10-,11-,12-,13-,14-,15-,16-,17+,18?,19?,20?,21?/m0/s1. The van der Waals surface area contributed by atoms with Crippen LogP contribution in [0.2, 0.25) is 0 Å². The second kappa shape index (κ2) is 9.85. The summed E-state index contributed by atoms with van der Waals surface area (Å²) < 4.78 is 31.6. The number of rotatable bonds is 5. The molecule has 13 heteroatoms. The molecular formula is C21H37IO12. The van der Waals surface area contributed by atoms with E-state index in [1.54, 1.807) is 22.6 Å². The summed E-state index contributed by atoms with van der Waals surface area (Å²) in [6, 6.07) is 0. The molecule has 200 valence electrons. The summed E-state index contributed by atoms with van der Waals surface area (Å²) in [7, 11) is 3.96. The lowest BCUT2D eigenvalue weighted by Crippen LogP contribution is -2.86. The number of methoxy groups -OCH3 is 3. The number of ether oxygens (including phenoxy) is 6. The van der Waals surface area contributed by atoms with E-state index in [1.807, 2.05) is 0 Å². The molecule has 6 N–H and O–H groups in total. The van der Waals surface area contributed by atoms with Crippen molar-refractivity contribution >= 4 is 22.6 Å². The van der Waals surface area contributed by atoms with Crippen LogP contribution in [0.15, 0.2) is 0 Å². The van der Waals surface area contributed by atoms with E-state index in [9.17, 15) is 30.6 Å². The fourth-order valence-corrected chi connectivity index (χ4v) is 6.92. The van der Waals surface area contributed by atoms with Crippen molar-refractivity contribution in [1.29, 1.82) is 0 Å². The molecule has 0 bridgehead atoms. The molecule has 12 nitrogen and oxygen atoms in total. The van der Waals surface area contributed by atoms with E-state index < -0.39 is 82.1 Å². The molecule has 34 heavy (non-hydrogen) atoms. The topological polar surface area (TPSA) is 177 Å². The van der Waals surface area contributed by atoms with E-state index in [1.165, 1.54) is 42.1 Å². The summed E-state index contributed by atoms with van der Waals surface area (Å²) in [4.78, 5) is 0. The van der Waals surface area contributed by atoms with E-state index in [-0.39, 0.29) is 6.42 Å². The highest BCUT2D eigenvalue weighted by atomic mass is 127. The van der Waals surface area contributed by atoms with Gasteiger partial charge in [-0.15, -0.1) is 0 Å². The van der Waals surface area contributed by atoms with Crippen molar-refractivity contribution < 1.29 is 59.1 Å². The monoisotopic (exact) mass is 608 g/mol. The van der Waals surface area contributed by atoms with Crippen molar-refractivity contribution in [2.75, 3.05) is 21.3 Å². The minimum atomic E-state index is -2.78. The van der Waals surface area contributed by atoms with Crippen LogP contribution in [-0.2, 0) is 28.4 Å². The first-order chi connectivity index (χ1) is 15.7. The van der Waals surface area contributed by atoms with E-state index in [0.29, 0.717) is 0 Å². The number of aliphatic hydroxyl groups is 6. The lowest BCUT2D eigenvalue weighted by Gasteiger charge is -2.64.